The third-order valence-corrected chi connectivity index (χ3v) is 8.78. The Hall–Kier alpha value is -3.02. The van der Waals surface area contributed by atoms with E-state index in [0.29, 0.717) is 6.54 Å². The van der Waals surface area contributed by atoms with Crippen LogP contribution in [-0.2, 0) is 44.7 Å². The molecule has 0 aromatic heterocycles. The van der Waals surface area contributed by atoms with Crippen LogP contribution in [-0.4, -0.2) is 72.2 Å². The van der Waals surface area contributed by atoms with E-state index in [4.69, 9.17) is 18.9 Å². The van der Waals surface area contributed by atoms with E-state index in [1.807, 2.05) is 30.3 Å². The second kappa shape index (κ2) is 25.0. The normalized spacial score (nSPS) is 21.1. The van der Waals surface area contributed by atoms with Crippen LogP contribution in [0.3, 0.4) is 0 Å². The third-order valence-electron chi connectivity index (χ3n) is 8.78. The molecule has 3 N–H and O–H groups in total. The van der Waals surface area contributed by atoms with Gasteiger partial charge in [-0.15, -0.1) is 0 Å². The quantitative estimate of drug-likeness (QED) is 0.0722. The SMILES string of the molecule is CCCCCCCCCCCCCCCCCCNC(=O)[C@H]1O[C@H](OCc2ccccc2)[C@H](NC(C)=O)[C@@H](O[C@H](C)C(=O)O)[C@@H]1OC(C)=O. The van der Waals surface area contributed by atoms with E-state index in [1.165, 1.54) is 97.8 Å². The summed E-state index contributed by atoms with van der Waals surface area (Å²) in [6.45, 7) is 6.50. The van der Waals surface area contributed by atoms with Gasteiger partial charge in [-0.3, -0.25) is 14.4 Å². The van der Waals surface area contributed by atoms with Crippen molar-refractivity contribution in [2.45, 2.75) is 174 Å². The number of nitrogens with one attached hydrogen (secondary N) is 2. The lowest BCUT2D eigenvalue weighted by atomic mass is 9.94. The number of hydrogen-bond acceptors (Lipinski definition) is 8. The van der Waals surface area contributed by atoms with Crippen LogP contribution in [0.4, 0.5) is 0 Å². The number of hydrogen-bond donors (Lipinski definition) is 3. The number of amides is 2. The molecule has 1 fully saturated rings. The Morgan fingerprint density at radius 1 is 0.796 bits per heavy atom. The highest BCUT2D eigenvalue weighted by Crippen LogP contribution is 2.29. The van der Waals surface area contributed by atoms with Gasteiger partial charge in [0, 0.05) is 20.4 Å². The molecule has 1 aliphatic heterocycles. The summed E-state index contributed by atoms with van der Waals surface area (Å²) < 4.78 is 23.5. The average molecular weight is 691 g/mol. The van der Waals surface area contributed by atoms with Crippen molar-refractivity contribution < 1.29 is 43.2 Å². The summed E-state index contributed by atoms with van der Waals surface area (Å²) in [6.07, 6.45) is 13.4. The largest absolute Gasteiger partial charge is 0.479 e. The van der Waals surface area contributed by atoms with Gasteiger partial charge >= 0.3 is 11.9 Å². The summed E-state index contributed by atoms with van der Waals surface area (Å²) >= 11 is 0. The molecule has 1 aromatic carbocycles. The first-order valence-electron chi connectivity index (χ1n) is 18.5. The molecule has 0 spiro atoms. The van der Waals surface area contributed by atoms with Crippen LogP contribution in [0.5, 0.6) is 0 Å². The Balaban J connectivity index is 1.89. The first kappa shape index (κ1) is 42.1. The van der Waals surface area contributed by atoms with Gasteiger partial charge in [-0.25, -0.2) is 4.79 Å². The number of carboxylic acid groups (broad SMARTS) is 1. The van der Waals surface area contributed by atoms with Gasteiger partial charge in [-0.05, 0) is 18.9 Å². The third kappa shape index (κ3) is 17.5. The second-order valence-corrected chi connectivity index (χ2v) is 13.2. The lowest BCUT2D eigenvalue weighted by molar-refractivity contribution is -0.277. The molecule has 1 heterocycles. The molecule has 0 aliphatic carbocycles. The first-order valence-corrected chi connectivity index (χ1v) is 18.5. The molecule has 2 amide bonds. The van der Waals surface area contributed by atoms with Crippen molar-refractivity contribution >= 4 is 23.8 Å². The molecule has 0 unspecified atom stereocenters. The molecule has 1 saturated heterocycles. The molecule has 11 heteroatoms. The van der Waals surface area contributed by atoms with E-state index in [-0.39, 0.29) is 6.61 Å². The van der Waals surface area contributed by atoms with E-state index >= 15 is 0 Å². The highest BCUT2D eigenvalue weighted by Gasteiger charge is 2.53. The molecule has 0 bridgehead atoms. The molecule has 6 atom stereocenters. The number of carbonyl (C=O) groups is 4. The number of rotatable bonds is 26. The predicted octanol–water partition coefficient (Wildman–Crippen LogP) is 6.60. The summed E-state index contributed by atoms with van der Waals surface area (Å²) in [5.41, 5.74) is 0.815. The second-order valence-electron chi connectivity index (χ2n) is 13.2. The molecule has 49 heavy (non-hydrogen) atoms. The summed E-state index contributed by atoms with van der Waals surface area (Å²) in [7, 11) is 0. The summed E-state index contributed by atoms with van der Waals surface area (Å²) in [5.74, 6) is -2.99. The summed E-state index contributed by atoms with van der Waals surface area (Å²) in [6, 6.07) is 8.16. The maximum Gasteiger partial charge on any atom is 0.332 e. The number of carbonyl (C=O) groups excluding carboxylic acids is 3. The molecular weight excluding hydrogens is 628 g/mol. The molecule has 278 valence electrons. The lowest BCUT2D eigenvalue weighted by Crippen LogP contribution is -2.68. The van der Waals surface area contributed by atoms with Crippen molar-refractivity contribution in [2.24, 2.45) is 0 Å². The number of ether oxygens (including phenoxy) is 4. The number of unbranched alkanes of at least 4 members (excludes halogenated alkanes) is 15. The van der Waals surface area contributed by atoms with Crippen LogP contribution in [0.15, 0.2) is 30.3 Å². The van der Waals surface area contributed by atoms with Gasteiger partial charge in [-0.1, -0.05) is 134 Å². The molecule has 1 aliphatic rings. The number of carboxylic acids is 1. The number of aliphatic carboxylic acids is 1. The molecule has 11 nitrogen and oxygen atoms in total. The zero-order chi connectivity index (χ0) is 35.9. The van der Waals surface area contributed by atoms with Gasteiger partial charge in [0.15, 0.2) is 24.6 Å². The smallest absolute Gasteiger partial charge is 0.332 e. The highest BCUT2D eigenvalue weighted by atomic mass is 16.7. The molecular formula is C38H62N2O9. The minimum Gasteiger partial charge on any atom is -0.479 e. The summed E-state index contributed by atoms with van der Waals surface area (Å²) in [5, 5.41) is 15.2. The van der Waals surface area contributed by atoms with E-state index < -0.39 is 60.5 Å². The lowest BCUT2D eigenvalue weighted by Gasteiger charge is -2.45. The standard InChI is InChI=1S/C38H62N2O9/c1-5-6-7-8-9-10-11-12-13-14-15-16-17-18-19-23-26-39-36(43)35-34(48-30(4)42)33(47-28(2)37(44)45)32(40-29(3)41)38(49-35)46-27-31-24-21-20-22-25-31/h20-22,24-25,28,32-35,38H,5-19,23,26-27H2,1-4H3,(H,39,43)(H,40,41)(H,44,45)/t28-,32-,33-,34+,35+,38+/m1/s1. The minimum atomic E-state index is -1.37. The van der Waals surface area contributed by atoms with E-state index in [9.17, 15) is 24.3 Å². The van der Waals surface area contributed by atoms with Gasteiger partial charge in [0.25, 0.3) is 5.91 Å². The van der Waals surface area contributed by atoms with E-state index in [0.717, 1.165) is 31.2 Å². The van der Waals surface area contributed by atoms with Crippen molar-refractivity contribution in [2.75, 3.05) is 6.54 Å². The maximum atomic E-state index is 13.5. The van der Waals surface area contributed by atoms with Gasteiger partial charge < -0.3 is 34.7 Å². The maximum absolute atomic E-state index is 13.5. The predicted molar refractivity (Wildman–Crippen MR) is 188 cm³/mol. The van der Waals surface area contributed by atoms with Crippen LogP contribution in [0.25, 0.3) is 0 Å². The molecule has 2 rings (SSSR count). The Bertz CT molecular complexity index is 1090. The van der Waals surface area contributed by atoms with Crippen molar-refractivity contribution in [3.8, 4) is 0 Å². The molecule has 0 radical (unpaired) electrons. The van der Waals surface area contributed by atoms with Crippen molar-refractivity contribution in [3.05, 3.63) is 35.9 Å². The van der Waals surface area contributed by atoms with Gasteiger partial charge in [0.1, 0.15) is 12.1 Å². The Kier molecular flexibility index (Phi) is 21.5. The Labute approximate surface area is 293 Å². The Morgan fingerprint density at radius 2 is 1.33 bits per heavy atom. The fraction of sp³-hybridized carbons (Fsp3) is 0.737. The number of benzene rings is 1. The van der Waals surface area contributed by atoms with Crippen LogP contribution < -0.4 is 10.6 Å². The minimum absolute atomic E-state index is 0.0779. The Morgan fingerprint density at radius 3 is 1.82 bits per heavy atom. The monoisotopic (exact) mass is 690 g/mol. The van der Waals surface area contributed by atoms with Gasteiger partial charge in [0.2, 0.25) is 5.91 Å². The van der Waals surface area contributed by atoms with Crippen molar-refractivity contribution in [1.82, 2.24) is 10.6 Å². The zero-order valence-corrected chi connectivity index (χ0v) is 30.3. The average Bonchev–Trinajstić information content (AvgIpc) is 3.06. The van der Waals surface area contributed by atoms with Crippen LogP contribution in [0.2, 0.25) is 0 Å². The fourth-order valence-electron chi connectivity index (χ4n) is 6.09. The van der Waals surface area contributed by atoms with Crippen molar-refractivity contribution in [1.29, 1.82) is 0 Å². The van der Waals surface area contributed by atoms with Crippen LogP contribution in [0.1, 0.15) is 136 Å². The zero-order valence-electron chi connectivity index (χ0n) is 30.3. The topological polar surface area (TPSA) is 149 Å². The molecule has 1 aromatic rings. The van der Waals surface area contributed by atoms with E-state index in [2.05, 4.69) is 17.6 Å². The first-order chi connectivity index (χ1) is 23.6. The summed E-state index contributed by atoms with van der Waals surface area (Å²) in [4.78, 5) is 49.7. The molecule has 0 saturated carbocycles. The number of esters is 1. The van der Waals surface area contributed by atoms with Crippen LogP contribution in [0, 0.1) is 0 Å². The fourth-order valence-corrected chi connectivity index (χ4v) is 6.09. The van der Waals surface area contributed by atoms with Gasteiger partial charge in [0.05, 0.1) is 6.61 Å². The van der Waals surface area contributed by atoms with Crippen LogP contribution >= 0.6 is 0 Å². The highest BCUT2D eigenvalue weighted by molar-refractivity contribution is 5.82. The van der Waals surface area contributed by atoms with E-state index in [1.54, 1.807) is 0 Å². The van der Waals surface area contributed by atoms with Crippen molar-refractivity contribution in [3.63, 3.8) is 0 Å². The van der Waals surface area contributed by atoms with Gasteiger partial charge in [-0.2, -0.15) is 0 Å².